The smallest absolute Gasteiger partial charge is 0.254 e. The lowest BCUT2D eigenvalue weighted by molar-refractivity contribution is 0.0734. The highest BCUT2D eigenvalue weighted by Crippen LogP contribution is 2.30. The summed E-state index contributed by atoms with van der Waals surface area (Å²) in [4.78, 5) is 18.3. The largest absolute Gasteiger partial charge is 0.334 e. The Balaban J connectivity index is 1.66. The average molecular weight is 357 g/mol. The third kappa shape index (κ3) is 2.89. The van der Waals surface area contributed by atoms with Crippen molar-refractivity contribution in [3.63, 3.8) is 0 Å². The number of aromatic nitrogens is 3. The highest BCUT2D eigenvalue weighted by Gasteiger charge is 2.27. The molecule has 0 saturated carbocycles. The van der Waals surface area contributed by atoms with Crippen molar-refractivity contribution in [3.05, 3.63) is 70.4 Å². The third-order valence-corrected chi connectivity index (χ3v) is 4.53. The van der Waals surface area contributed by atoms with Crippen LogP contribution in [0.15, 0.2) is 42.6 Å². The third-order valence-electron chi connectivity index (χ3n) is 4.32. The van der Waals surface area contributed by atoms with Crippen LogP contribution in [0.5, 0.6) is 0 Å². The number of pyridine rings is 1. The maximum absolute atomic E-state index is 14.1. The lowest BCUT2D eigenvalue weighted by atomic mass is 10.00. The van der Waals surface area contributed by atoms with Gasteiger partial charge in [0.1, 0.15) is 16.7 Å². The second-order valence-corrected chi connectivity index (χ2v) is 6.24. The van der Waals surface area contributed by atoms with E-state index in [1.54, 1.807) is 35.2 Å². The number of halogens is 2. The predicted octanol–water partition coefficient (Wildman–Crippen LogP) is 3.46. The molecular formula is C18H14ClFN4O. The molecule has 126 valence electrons. The summed E-state index contributed by atoms with van der Waals surface area (Å²) in [5.41, 5.74) is 3.26. The molecule has 0 bridgehead atoms. The number of benzene rings is 1. The number of H-pyrrole nitrogens is 1. The second kappa shape index (κ2) is 6.29. The highest BCUT2D eigenvalue weighted by atomic mass is 35.5. The number of aromatic amines is 1. The van der Waals surface area contributed by atoms with Crippen molar-refractivity contribution in [1.82, 2.24) is 20.1 Å². The van der Waals surface area contributed by atoms with Crippen LogP contribution < -0.4 is 0 Å². The van der Waals surface area contributed by atoms with E-state index in [1.165, 1.54) is 12.3 Å². The molecule has 1 aliphatic heterocycles. The van der Waals surface area contributed by atoms with Crippen molar-refractivity contribution in [3.8, 4) is 11.3 Å². The van der Waals surface area contributed by atoms with Gasteiger partial charge in [-0.15, -0.1) is 0 Å². The first-order valence-electron chi connectivity index (χ1n) is 7.85. The molecule has 1 N–H and O–H groups in total. The van der Waals surface area contributed by atoms with Gasteiger partial charge in [0.15, 0.2) is 0 Å². The number of fused-ring (bicyclic) bond motifs is 1. The average Bonchev–Trinajstić information content (AvgIpc) is 3.04. The van der Waals surface area contributed by atoms with Crippen molar-refractivity contribution in [1.29, 1.82) is 0 Å². The minimum Gasteiger partial charge on any atom is -0.334 e. The number of amides is 1. The van der Waals surface area contributed by atoms with Crippen molar-refractivity contribution < 1.29 is 9.18 Å². The maximum Gasteiger partial charge on any atom is 0.254 e. The quantitative estimate of drug-likeness (QED) is 0.715. The molecule has 1 amide bonds. The molecule has 0 spiro atoms. The number of nitrogens with one attached hydrogen (secondary N) is 1. The van der Waals surface area contributed by atoms with E-state index in [0.717, 1.165) is 11.3 Å². The van der Waals surface area contributed by atoms with Gasteiger partial charge in [0.05, 0.1) is 0 Å². The summed E-state index contributed by atoms with van der Waals surface area (Å²) in [6.07, 6.45) is 2.15. The summed E-state index contributed by atoms with van der Waals surface area (Å²) in [5, 5.41) is 7.53. The molecule has 0 saturated heterocycles. The molecule has 0 atom stereocenters. The molecule has 0 unspecified atom stereocenters. The van der Waals surface area contributed by atoms with E-state index in [-0.39, 0.29) is 16.9 Å². The van der Waals surface area contributed by atoms with Gasteiger partial charge in [-0.05, 0) is 24.3 Å². The molecule has 3 aromatic rings. The van der Waals surface area contributed by atoms with Gasteiger partial charge in [-0.25, -0.2) is 9.37 Å². The molecule has 1 aromatic carbocycles. The van der Waals surface area contributed by atoms with Crippen LogP contribution in [-0.4, -0.2) is 32.5 Å². The zero-order valence-corrected chi connectivity index (χ0v) is 13.9. The molecule has 0 aliphatic carbocycles. The SMILES string of the molecule is O=C(c1ccnc(Cl)c1)N1CCc2[nH]nc(-c3ccccc3F)c2C1. The molecule has 5 nitrogen and oxygen atoms in total. The molecule has 7 heteroatoms. The zero-order chi connectivity index (χ0) is 17.4. The van der Waals surface area contributed by atoms with Gasteiger partial charge < -0.3 is 4.90 Å². The number of rotatable bonds is 2. The molecule has 25 heavy (non-hydrogen) atoms. The second-order valence-electron chi connectivity index (χ2n) is 5.85. The Hall–Kier alpha value is -2.73. The highest BCUT2D eigenvalue weighted by molar-refractivity contribution is 6.29. The fourth-order valence-corrected chi connectivity index (χ4v) is 3.24. The van der Waals surface area contributed by atoms with Crippen LogP contribution in [0.3, 0.4) is 0 Å². The number of hydrogen-bond donors (Lipinski definition) is 1. The first-order valence-corrected chi connectivity index (χ1v) is 8.23. The summed E-state index contributed by atoms with van der Waals surface area (Å²) in [5.74, 6) is -0.461. The van der Waals surface area contributed by atoms with Crippen molar-refractivity contribution >= 4 is 17.5 Å². The van der Waals surface area contributed by atoms with Gasteiger partial charge in [0.25, 0.3) is 5.91 Å². The zero-order valence-electron chi connectivity index (χ0n) is 13.2. The van der Waals surface area contributed by atoms with E-state index in [1.807, 2.05) is 0 Å². The molecule has 4 rings (SSSR count). The Labute approximate surface area is 148 Å². The monoisotopic (exact) mass is 356 g/mol. The van der Waals surface area contributed by atoms with Crippen LogP contribution in [0.1, 0.15) is 21.6 Å². The summed E-state index contributed by atoms with van der Waals surface area (Å²) in [7, 11) is 0. The maximum atomic E-state index is 14.1. The lowest BCUT2D eigenvalue weighted by Gasteiger charge is -2.27. The summed E-state index contributed by atoms with van der Waals surface area (Å²) < 4.78 is 14.1. The number of nitrogens with zero attached hydrogens (tertiary/aromatic N) is 3. The topological polar surface area (TPSA) is 61.9 Å². The van der Waals surface area contributed by atoms with Gasteiger partial charge in [-0.3, -0.25) is 9.89 Å². The van der Waals surface area contributed by atoms with E-state index in [9.17, 15) is 9.18 Å². The van der Waals surface area contributed by atoms with E-state index in [0.29, 0.717) is 36.3 Å². The lowest BCUT2D eigenvalue weighted by Crippen LogP contribution is -2.36. The van der Waals surface area contributed by atoms with E-state index >= 15 is 0 Å². The van der Waals surface area contributed by atoms with Gasteiger partial charge >= 0.3 is 0 Å². The van der Waals surface area contributed by atoms with Crippen LogP contribution in [-0.2, 0) is 13.0 Å². The number of carbonyl (C=O) groups excluding carboxylic acids is 1. The van der Waals surface area contributed by atoms with Crippen LogP contribution >= 0.6 is 11.6 Å². The molecule has 0 fully saturated rings. The molecule has 2 aromatic heterocycles. The minimum atomic E-state index is -0.332. The first-order chi connectivity index (χ1) is 12.1. The van der Waals surface area contributed by atoms with Gasteiger partial charge in [-0.1, -0.05) is 23.7 Å². The van der Waals surface area contributed by atoms with Crippen LogP contribution in [0, 0.1) is 5.82 Å². The Morgan fingerprint density at radius 2 is 2.12 bits per heavy atom. The summed E-state index contributed by atoms with van der Waals surface area (Å²) in [6, 6.07) is 9.69. The van der Waals surface area contributed by atoms with Gasteiger partial charge in [0, 0.05) is 48.1 Å². The normalized spacial score (nSPS) is 13.6. The number of hydrogen-bond acceptors (Lipinski definition) is 3. The van der Waals surface area contributed by atoms with Gasteiger partial charge in [-0.2, -0.15) is 5.10 Å². The van der Waals surface area contributed by atoms with E-state index in [2.05, 4.69) is 15.2 Å². The van der Waals surface area contributed by atoms with E-state index in [4.69, 9.17) is 11.6 Å². The Kier molecular flexibility index (Phi) is 3.97. The van der Waals surface area contributed by atoms with Crippen molar-refractivity contribution in [2.75, 3.05) is 6.54 Å². The van der Waals surface area contributed by atoms with Gasteiger partial charge in [0.2, 0.25) is 0 Å². The van der Waals surface area contributed by atoms with E-state index < -0.39 is 0 Å². The predicted molar refractivity (Wildman–Crippen MR) is 91.7 cm³/mol. The van der Waals surface area contributed by atoms with Crippen molar-refractivity contribution in [2.24, 2.45) is 0 Å². The molecule has 3 heterocycles. The first kappa shape index (κ1) is 15.8. The van der Waals surface area contributed by atoms with Crippen LogP contribution in [0.4, 0.5) is 4.39 Å². The Bertz CT molecular complexity index is 956. The summed E-state index contributed by atoms with van der Waals surface area (Å²) in [6.45, 7) is 0.930. The standard InChI is InChI=1S/C18H14ClFN4O/c19-16-9-11(5-7-21-16)18(25)24-8-6-15-13(10-24)17(23-22-15)12-3-1-2-4-14(12)20/h1-5,7,9H,6,8,10H2,(H,22,23). The van der Waals surface area contributed by atoms with Crippen LogP contribution in [0.25, 0.3) is 11.3 Å². The fraction of sp³-hybridized carbons (Fsp3) is 0.167. The molecule has 0 radical (unpaired) electrons. The fourth-order valence-electron chi connectivity index (χ4n) is 3.06. The van der Waals surface area contributed by atoms with Crippen molar-refractivity contribution in [2.45, 2.75) is 13.0 Å². The summed E-state index contributed by atoms with van der Waals surface area (Å²) >= 11 is 5.88. The Morgan fingerprint density at radius 3 is 2.92 bits per heavy atom. The minimum absolute atomic E-state index is 0.129. The Morgan fingerprint density at radius 1 is 1.28 bits per heavy atom. The molecule has 1 aliphatic rings. The van der Waals surface area contributed by atoms with Crippen LogP contribution in [0.2, 0.25) is 5.15 Å². The molecular weight excluding hydrogens is 343 g/mol. The number of carbonyl (C=O) groups is 1.